The van der Waals surface area contributed by atoms with Crippen LogP contribution in [0, 0.1) is 5.92 Å². The summed E-state index contributed by atoms with van der Waals surface area (Å²) < 4.78 is 10.4. The van der Waals surface area contributed by atoms with E-state index in [4.69, 9.17) is 9.47 Å². The number of ether oxygens (including phenoxy) is 2. The third-order valence-electron chi connectivity index (χ3n) is 3.65. The second-order valence-corrected chi connectivity index (χ2v) is 5.91. The van der Waals surface area contributed by atoms with E-state index in [1.54, 1.807) is 39.2 Å². The molecular weight excluding hydrogens is 316 g/mol. The molecule has 0 heterocycles. The van der Waals surface area contributed by atoms with E-state index >= 15 is 0 Å². The van der Waals surface area contributed by atoms with Gasteiger partial charge in [0.1, 0.15) is 17.9 Å². The number of ketones is 1. The summed E-state index contributed by atoms with van der Waals surface area (Å²) in [5.74, 6) is -0.403. The highest BCUT2D eigenvalue weighted by Crippen LogP contribution is 2.16. The van der Waals surface area contributed by atoms with Crippen LogP contribution in [0.5, 0.6) is 5.75 Å². The van der Waals surface area contributed by atoms with Gasteiger partial charge in [0.25, 0.3) is 0 Å². The number of Topliss-reactive ketones (excluding diaryl/α,β-unsaturated/α-hetero) is 1. The molecule has 4 heteroatoms. The van der Waals surface area contributed by atoms with E-state index in [1.807, 2.05) is 42.5 Å². The van der Waals surface area contributed by atoms with Crippen LogP contribution in [0.15, 0.2) is 60.2 Å². The first-order chi connectivity index (χ1) is 12.0. The Morgan fingerprint density at radius 1 is 1.00 bits per heavy atom. The Bertz CT molecular complexity index is 743. The molecule has 0 atom stereocenters. The molecule has 0 aliphatic rings. The molecule has 0 saturated heterocycles. The maximum absolute atomic E-state index is 12.5. The third-order valence-corrected chi connectivity index (χ3v) is 3.65. The number of hydrogen-bond acceptors (Lipinski definition) is 4. The predicted molar refractivity (Wildman–Crippen MR) is 97.1 cm³/mol. The topological polar surface area (TPSA) is 52.6 Å². The average molecular weight is 338 g/mol. The first-order valence-electron chi connectivity index (χ1n) is 8.12. The summed E-state index contributed by atoms with van der Waals surface area (Å²) in [7, 11) is 1.59. The van der Waals surface area contributed by atoms with Gasteiger partial charge in [-0.2, -0.15) is 0 Å². The standard InChI is InChI=1S/C21H22O4/c1-15(2)20(22)19(13-16-7-5-4-6-8-16)21(23)25-14-17-9-11-18(24-3)12-10-17/h4-13,15H,14H2,1-3H3. The van der Waals surface area contributed by atoms with Gasteiger partial charge in [0, 0.05) is 5.92 Å². The summed E-state index contributed by atoms with van der Waals surface area (Å²) in [6.07, 6.45) is 1.58. The zero-order valence-electron chi connectivity index (χ0n) is 14.7. The van der Waals surface area contributed by atoms with Gasteiger partial charge in [-0.15, -0.1) is 0 Å². The average Bonchev–Trinajstić information content (AvgIpc) is 2.64. The van der Waals surface area contributed by atoms with E-state index in [0.717, 1.165) is 16.9 Å². The minimum atomic E-state index is -0.613. The number of rotatable bonds is 7. The quantitative estimate of drug-likeness (QED) is 0.331. The normalized spacial score (nSPS) is 11.3. The van der Waals surface area contributed by atoms with Gasteiger partial charge in [-0.3, -0.25) is 4.79 Å². The van der Waals surface area contributed by atoms with Crippen molar-refractivity contribution in [3.8, 4) is 5.75 Å². The first-order valence-corrected chi connectivity index (χ1v) is 8.12. The second-order valence-electron chi connectivity index (χ2n) is 5.91. The van der Waals surface area contributed by atoms with Gasteiger partial charge in [0.2, 0.25) is 0 Å². The molecule has 0 amide bonds. The largest absolute Gasteiger partial charge is 0.497 e. The fraction of sp³-hybridized carbons (Fsp3) is 0.238. The Hall–Kier alpha value is -2.88. The Morgan fingerprint density at radius 3 is 2.20 bits per heavy atom. The van der Waals surface area contributed by atoms with Crippen molar-refractivity contribution in [2.24, 2.45) is 5.92 Å². The van der Waals surface area contributed by atoms with Crippen LogP contribution in [0.2, 0.25) is 0 Å². The lowest BCUT2D eigenvalue weighted by Crippen LogP contribution is -2.19. The van der Waals surface area contributed by atoms with E-state index in [0.29, 0.717) is 0 Å². The molecule has 0 N–H and O–H groups in total. The summed E-state index contributed by atoms with van der Waals surface area (Å²) >= 11 is 0. The predicted octanol–water partition coefficient (Wildman–Crippen LogP) is 4.05. The second kappa shape index (κ2) is 8.83. The van der Waals surface area contributed by atoms with E-state index in [2.05, 4.69) is 0 Å². The number of methoxy groups -OCH3 is 1. The van der Waals surface area contributed by atoms with Crippen LogP contribution in [0.4, 0.5) is 0 Å². The van der Waals surface area contributed by atoms with E-state index < -0.39 is 5.97 Å². The number of benzene rings is 2. The van der Waals surface area contributed by atoms with Crippen LogP contribution in [0.25, 0.3) is 6.08 Å². The number of carbonyl (C=O) groups excluding carboxylic acids is 2. The van der Waals surface area contributed by atoms with E-state index in [9.17, 15) is 9.59 Å². The van der Waals surface area contributed by atoms with Crippen molar-refractivity contribution in [1.82, 2.24) is 0 Å². The fourth-order valence-corrected chi connectivity index (χ4v) is 2.21. The number of carbonyl (C=O) groups is 2. The molecule has 0 spiro atoms. The Balaban J connectivity index is 2.14. The smallest absolute Gasteiger partial charge is 0.342 e. The molecule has 25 heavy (non-hydrogen) atoms. The zero-order valence-corrected chi connectivity index (χ0v) is 14.7. The molecule has 0 bridgehead atoms. The maximum atomic E-state index is 12.5. The van der Waals surface area contributed by atoms with Crippen molar-refractivity contribution in [3.63, 3.8) is 0 Å². The van der Waals surface area contributed by atoms with Crippen LogP contribution < -0.4 is 4.74 Å². The van der Waals surface area contributed by atoms with Gasteiger partial charge >= 0.3 is 5.97 Å². The lowest BCUT2D eigenvalue weighted by atomic mass is 9.99. The molecule has 130 valence electrons. The van der Waals surface area contributed by atoms with Crippen LogP contribution in [-0.2, 0) is 20.9 Å². The summed E-state index contributed by atoms with van der Waals surface area (Å²) in [5.41, 5.74) is 1.67. The van der Waals surface area contributed by atoms with Gasteiger partial charge in [-0.25, -0.2) is 4.79 Å². The highest BCUT2D eigenvalue weighted by Gasteiger charge is 2.22. The van der Waals surface area contributed by atoms with E-state index in [1.165, 1.54) is 0 Å². The van der Waals surface area contributed by atoms with Crippen molar-refractivity contribution < 1.29 is 19.1 Å². The molecule has 0 aromatic heterocycles. The third kappa shape index (κ3) is 5.31. The Labute approximate surface area is 148 Å². The maximum Gasteiger partial charge on any atom is 0.342 e. The summed E-state index contributed by atoms with van der Waals surface area (Å²) in [4.78, 5) is 24.9. The van der Waals surface area contributed by atoms with Gasteiger partial charge < -0.3 is 9.47 Å². The molecule has 4 nitrogen and oxygen atoms in total. The SMILES string of the molecule is COc1ccc(COC(=O)C(=Cc2ccccc2)C(=O)C(C)C)cc1. The summed E-state index contributed by atoms with van der Waals surface area (Å²) in [6.45, 7) is 3.62. The van der Waals surface area contributed by atoms with Gasteiger partial charge in [0.15, 0.2) is 5.78 Å². The highest BCUT2D eigenvalue weighted by molar-refractivity contribution is 6.21. The van der Waals surface area contributed by atoms with Gasteiger partial charge in [-0.05, 0) is 29.3 Å². The minimum Gasteiger partial charge on any atom is -0.497 e. The fourth-order valence-electron chi connectivity index (χ4n) is 2.21. The highest BCUT2D eigenvalue weighted by atomic mass is 16.5. The zero-order chi connectivity index (χ0) is 18.2. The number of hydrogen-bond donors (Lipinski definition) is 0. The molecule has 2 aromatic rings. The molecule has 0 saturated carbocycles. The van der Waals surface area contributed by atoms with Crippen molar-refractivity contribution in [2.45, 2.75) is 20.5 Å². The van der Waals surface area contributed by atoms with Crippen LogP contribution in [0.1, 0.15) is 25.0 Å². The summed E-state index contributed by atoms with van der Waals surface area (Å²) in [6, 6.07) is 16.5. The molecule has 0 aliphatic carbocycles. The lowest BCUT2D eigenvalue weighted by molar-refractivity contribution is -0.141. The number of esters is 1. The molecule has 0 unspecified atom stereocenters. The molecule has 2 rings (SSSR count). The molecule has 0 fully saturated rings. The van der Waals surface area contributed by atoms with Crippen molar-refractivity contribution in [3.05, 3.63) is 71.3 Å². The molecule has 0 aliphatic heterocycles. The molecule has 2 aromatic carbocycles. The molecular formula is C21H22O4. The first kappa shape index (κ1) is 18.5. The Kier molecular flexibility index (Phi) is 6.52. The van der Waals surface area contributed by atoms with Crippen LogP contribution >= 0.6 is 0 Å². The van der Waals surface area contributed by atoms with Crippen molar-refractivity contribution in [2.75, 3.05) is 7.11 Å². The monoisotopic (exact) mass is 338 g/mol. The molecule has 0 radical (unpaired) electrons. The van der Waals surface area contributed by atoms with E-state index in [-0.39, 0.29) is 23.9 Å². The van der Waals surface area contributed by atoms with Crippen molar-refractivity contribution >= 4 is 17.8 Å². The van der Waals surface area contributed by atoms with Crippen molar-refractivity contribution in [1.29, 1.82) is 0 Å². The Morgan fingerprint density at radius 2 is 1.64 bits per heavy atom. The summed E-state index contributed by atoms with van der Waals surface area (Å²) in [5, 5.41) is 0. The minimum absolute atomic E-state index is 0.0645. The van der Waals surface area contributed by atoms with Gasteiger partial charge in [0.05, 0.1) is 7.11 Å². The van der Waals surface area contributed by atoms with Crippen LogP contribution in [-0.4, -0.2) is 18.9 Å². The lowest BCUT2D eigenvalue weighted by Gasteiger charge is -2.10. The van der Waals surface area contributed by atoms with Crippen LogP contribution in [0.3, 0.4) is 0 Å². The van der Waals surface area contributed by atoms with Gasteiger partial charge in [-0.1, -0.05) is 56.3 Å².